The summed E-state index contributed by atoms with van der Waals surface area (Å²) in [5.74, 6) is 0.577. The molecule has 5 nitrogen and oxygen atoms in total. The lowest BCUT2D eigenvalue weighted by Crippen LogP contribution is -2.32. The molecule has 0 unspecified atom stereocenters. The number of carbonyl (C=O) groups excluding carboxylic acids is 2. The van der Waals surface area contributed by atoms with Gasteiger partial charge in [0.25, 0.3) is 5.91 Å². The Morgan fingerprint density at radius 3 is 2.18 bits per heavy atom. The van der Waals surface area contributed by atoms with Gasteiger partial charge in [-0.2, -0.15) is 0 Å². The van der Waals surface area contributed by atoms with Crippen LogP contribution >= 0.6 is 27.7 Å². The summed E-state index contributed by atoms with van der Waals surface area (Å²) in [7, 11) is 0. The zero-order chi connectivity index (χ0) is 20.1. The number of hydrogen-bond acceptors (Lipinski definition) is 4. The first-order chi connectivity index (χ1) is 13.4. The molecule has 0 bridgehead atoms. The third kappa shape index (κ3) is 5.50. The molecule has 3 aromatic rings. The van der Waals surface area contributed by atoms with Gasteiger partial charge in [-0.05, 0) is 68.4 Å². The van der Waals surface area contributed by atoms with E-state index in [2.05, 4.69) is 26.6 Å². The van der Waals surface area contributed by atoms with Gasteiger partial charge >= 0.3 is 0 Å². The van der Waals surface area contributed by atoms with Gasteiger partial charge in [-0.1, -0.05) is 27.7 Å². The summed E-state index contributed by atoms with van der Waals surface area (Å²) in [6.45, 7) is 3.38. The Hall–Kier alpha value is -2.51. The molecule has 0 atom stereocenters. The summed E-state index contributed by atoms with van der Waals surface area (Å²) in [5, 5.41) is 5.38. The molecule has 0 saturated heterocycles. The number of aryl methyl sites for hydroxylation is 2. The molecule has 0 fully saturated rings. The number of furan rings is 1. The van der Waals surface area contributed by atoms with E-state index in [4.69, 9.17) is 4.42 Å². The number of amides is 2. The smallest absolute Gasteiger partial charge is 0.255 e. The highest BCUT2D eigenvalue weighted by molar-refractivity contribution is 9.10. The molecule has 28 heavy (non-hydrogen) atoms. The minimum absolute atomic E-state index is 0.113. The first-order valence-corrected chi connectivity index (χ1v) is 10.2. The fraction of sp³-hybridized carbons (Fsp3) is 0.143. The maximum absolute atomic E-state index is 12.1. The summed E-state index contributed by atoms with van der Waals surface area (Å²) in [5.41, 5.74) is 1.12. The van der Waals surface area contributed by atoms with E-state index in [-0.39, 0.29) is 18.4 Å². The molecule has 1 heterocycles. The van der Waals surface area contributed by atoms with Crippen molar-refractivity contribution in [3.05, 3.63) is 76.2 Å². The largest absolute Gasteiger partial charge is 0.466 e. The van der Waals surface area contributed by atoms with E-state index in [1.807, 2.05) is 48.5 Å². The van der Waals surface area contributed by atoms with E-state index in [0.29, 0.717) is 22.8 Å². The lowest BCUT2D eigenvalue weighted by Gasteiger charge is -2.08. The average molecular weight is 459 g/mol. The van der Waals surface area contributed by atoms with Crippen molar-refractivity contribution in [3.63, 3.8) is 0 Å². The molecule has 0 aliphatic carbocycles. The maximum atomic E-state index is 12.1. The van der Waals surface area contributed by atoms with Crippen LogP contribution in [0.3, 0.4) is 0 Å². The molecule has 144 valence electrons. The molecule has 7 heteroatoms. The molecule has 0 saturated carbocycles. The molecule has 2 N–H and O–H groups in total. The Morgan fingerprint density at radius 2 is 1.61 bits per heavy atom. The van der Waals surface area contributed by atoms with Gasteiger partial charge in [0.05, 0.1) is 12.1 Å². The Labute approximate surface area is 176 Å². The molecule has 0 aliphatic rings. The van der Waals surface area contributed by atoms with Crippen LogP contribution in [0.1, 0.15) is 21.9 Å². The van der Waals surface area contributed by atoms with Crippen LogP contribution in [-0.4, -0.2) is 18.4 Å². The summed E-state index contributed by atoms with van der Waals surface area (Å²) < 4.78 is 6.37. The monoisotopic (exact) mass is 458 g/mol. The summed E-state index contributed by atoms with van der Waals surface area (Å²) in [6.07, 6.45) is 0. The van der Waals surface area contributed by atoms with Crippen molar-refractivity contribution in [1.82, 2.24) is 5.32 Å². The molecule has 2 aromatic carbocycles. The van der Waals surface area contributed by atoms with E-state index in [9.17, 15) is 9.59 Å². The molecule has 2 amide bonds. The highest BCUT2D eigenvalue weighted by atomic mass is 79.9. The second-order valence-corrected chi connectivity index (χ2v) is 8.20. The number of hydrogen-bond donors (Lipinski definition) is 2. The van der Waals surface area contributed by atoms with Crippen LogP contribution in [0.2, 0.25) is 0 Å². The summed E-state index contributed by atoms with van der Waals surface area (Å²) >= 11 is 5.06. The second-order valence-electron chi connectivity index (χ2n) is 6.14. The van der Waals surface area contributed by atoms with Crippen molar-refractivity contribution in [2.75, 3.05) is 11.9 Å². The van der Waals surface area contributed by atoms with E-state index >= 15 is 0 Å². The number of halogens is 1. The van der Waals surface area contributed by atoms with Crippen LogP contribution in [-0.2, 0) is 4.79 Å². The topological polar surface area (TPSA) is 71.3 Å². The van der Waals surface area contributed by atoms with Gasteiger partial charge in [-0.15, -0.1) is 0 Å². The van der Waals surface area contributed by atoms with Crippen molar-refractivity contribution >= 4 is 45.2 Å². The molecule has 0 spiro atoms. The van der Waals surface area contributed by atoms with Crippen LogP contribution in [0.5, 0.6) is 0 Å². The van der Waals surface area contributed by atoms with E-state index in [0.717, 1.165) is 14.3 Å². The lowest BCUT2D eigenvalue weighted by molar-refractivity contribution is -0.115. The third-order valence-electron chi connectivity index (χ3n) is 3.88. The third-order valence-corrected chi connectivity index (χ3v) is 5.43. The minimum atomic E-state index is -0.328. The Morgan fingerprint density at radius 1 is 1.00 bits per heavy atom. The first kappa shape index (κ1) is 20.2. The van der Waals surface area contributed by atoms with Crippen molar-refractivity contribution in [2.45, 2.75) is 23.6 Å². The maximum Gasteiger partial charge on any atom is 0.255 e. The summed E-state index contributed by atoms with van der Waals surface area (Å²) in [6, 6.07) is 17.3. The van der Waals surface area contributed by atoms with Crippen molar-refractivity contribution in [3.8, 4) is 0 Å². The standard InChI is InChI=1S/C21H19BrN2O3S/c1-13-11-19(14(2)27-13)21(26)23-12-20(25)24-16-5-9-18(10-6-16)28-17-7-3-15(22)4-8-17/h3-11H,12H2,1-2H3,(H,23,26)(H,24,25). The predicted octanol–water partition coefficient (Wildman–Crippen LogP) is 5.18. The normalized spacial score (nSPS) is 10.5. The second kappa shape index (κ2) is 9.12. The number of anilines is 1. The predicted molar refractivity (Wildman–Crippen MR) is 114 cm³/mol. The SMILES string of the molecule is Cc1cc(C(=O)NCC(=O)Nc2ccc(Sc3ccc(Br)cc3)cc2)c(C)o1. The highest BCUT2D eigenvalue weighted by Crippen LogP contribution is 2.29. The fourth-order valence-electron chi connectivity index (χ4n) is 2.56. The molecule has 0 radical (unpaired) electrons. The quantitative estimate of drug-likeness (QED) is 0.533. The Balaban J connectivity index is 1.50. The Kier molecular flexibility index (Phi) is 6.59. The molecular formula is C21H19BrN2O3S. The van der Waals surface area contributed by atoms with Gasteiger partial charge in [-0.25, -0.2) is 0 Å². The zero-order valence-electron chi connectivity index (χ0n) is 15.4. The van der Waals surface area contributed by atoms with Crippen LogP contribution in [0.15, 0.2) is 73.3 Å². The highest BCUT2D eigenvalue weighted by Gasteiger charge is 2.14. The minimum Gasteiger partial charge on any atom is -0.466 e. The van der Waals surface area contributed by atoms with Gasteiger partial charge in [0, 0.05) is 20.0 Å². The van der Waals surface area contributed by atoms with E-state index in [1.54, 1.807) is 31.7 Å². The van der Waals surface area contributed by atoms with Crippen molar-refractivity contribution < 1.29 is 14.0 Å². The summed E-state index contributed by atoms with van der Waals surface area (Å²) in [4.78, 5) is 26.4. The van der Waals surface area contributed by atoms with Gasteiger partial charge in [-0.3, -0.25) is 9.59 Å². The number of carbonyl (C=O) groups is 2. The molecule has 0 aliphatic heterocycles. The zero-order valence-corrected chi connectivity index (χ0v) is 17.8. The van der Waals surface area contributed by atoms with Gasteiger partial charge < -0.3 is 15.1 Å². The van der Waals surface area contributed by atoms with Crippen LogP contribution < -0.4 is 10.6 Å². The van der Waals surface area contributed by atoms with Gasteiger partial charge in [0.2, 0.25) is 5.91 Å². The molecule has 1 aromatic heterocycles. The fourth-order valence-corrected chi connectivity index (χ4v) is 3.64. The lowest BCUT2D eigenvalue weighted by atomic mass is 10.2. The number of benzene rings is 2. The van der Waals surface area contributed by atoms with Crippen molar-refractivity contribution in [2.24, 2.45) is 0 Å². The van der Waals surface area contributed by atoms with Crippen molar-refractivity contribution in [1.29, 1.82) is 0 Å². The van der Waals surface area contributed by atoms with Gasteiger partial charge in [0.15, 0.2) is 0 Å². The number of rotatable bonds is 6. The van der Waals surface area contributed by atoms with Crippen LogP contribution in [0.25, 0.3) is 0 Å². The van der Waals surface area contributed by atoms with E-state index in [1.165, 1.54) is 0 Å². The van der Waals surface area contributed by atoms with Gasteiger partial charge in [0.1, 0.15) is 11.5 Å². The van der Waals surface area contributed by atoms with E-state index < -0.39 is 0 Å². The number of nitrogens with one attached hydrogen (secondary N) is 2. The Bertz CT molecular complexity index is 982. The first-order valence-electron chi connectivity index (χ1n) is 8.59. The van der Waals surface area contributed by atoms with Crippen LogP contribution in [0, 0.1) is 13.8 Å². The van der Waals surface area contributed by atoms with Crippen LogP contribution in [0.4, 0.5) is 5.69 Å². The molecular weight excluding hydrogens is 440 g/mol. The molecule has 3 rings (SSSR count). The average Bonchev–Trinajstić information content (AvgIpc) is 3.01.